The fraction of sp³-hybridized carbons (Fsp3) is 0.667. The molecule has 6 heteroatoms. The summed E-state index contributed by atoms with van der Waals surface area (Å²) in [6, 6.07) is 0.499. The molecule has 0 aliphatic heterocycles. The van der Waals surface area contributed by atoms with E-state index in [0.717, 1.165) is 24.7 Å². The van der Waals surface area contributed by atoms with Crippen molar-refractivity contribution in [2.45, 2.75) is 39.3 Å². The first-order valence-electron chi connectivity index (χ1n) is 6.29. The molecule has 0 spiro atoms. The molecular weight excluding hydrogens is 248 g/mol. The van der Waals surface area contributed by atoms with Gasteiger partial charge in [-0.25, -0.2) is 10.8 Å². The van der Waals surface area contributed by atoms with E-state index in [4.69, 9.17) is 5.84 Å². The summed E-state index contributed by atoms with van der Waals surface area (Å²) in [6.45, 7) is 6.33. The van der Waals surface area contributed by atoms with Crippen LogP contribution in [-0.4, -0.2) is 28.4 Å². The maximum atomic E-state index is 11.3. The summed E-state index contributed by atoms with van der Waals surface area (Å²) in [6.07, 6.45) is 2.70. The van der Waals surface area contributed by atoms with E-state index in [0.29, 0.717) is 11.0 Å². The number of aromatic nitrogens is 1. The molecule has 0 bridgehead atoms. The molecule has 1 heterocycles. The Hall–Kier alpha value is -0.980. The average Bonchev–Trinajstić information content (AvgIpc) is 3.04. The van der Waals surface area contributed by atoms with Crippen LogP contribution < -0.4 is 11.3 Å². The molecule has 0 saturated heterocycles. The Balaban J connectivity index is 1.97. The maximum Gasteiger partial charge on any atom is 0.294 e. The maximum absolute atomic E-state index is 11.3. The zero-order valence-corrected chi connectivity index (χ0v) is 11.7. The summed E-state index contributed by atoms with van der Waals surface area (Å²) in [4.78, 5) is 18.1. The fourth-order valence-electron chi connectivity index (χ4n) is 1.84. The molecule has 1 aliphatic carbocycles. The lowest BCUT2D eigenvalue weighted by Crippen LogP contribution is -2.32. The molecule has 0 unspecified atom stereocenters. The summed E-state index contributed by atoms with van der Waals surface area (Å²) < 4.78 is 0. The van der Waals surface area contributed by atoms with E-state index in [-0.39, 0.29) is 5.91 Å². The number of hydrogen-bond acceptors (Lipinski definition) is 5. The van der Waals surface area contributed by atoms with Crippen molar-refractivity contribution in [2.24, 2.45) is 11.8 Å². The largest absolute Gasteiger partial charge is 0.295 e. The van der Waals surface area contributed by atoms with Crippen LogP contribution in [0.2, 0.25) is 0 Å². The van der Waals surface area contributed by atoms with Crippen molar-refractivity contribution in [3.63, 3.8) is 0 Å². The number of carbonyl (C=O) groups is 1. The second-order valence-electron chi connectivity index (χ2n) is 5.08. The number of nitrogen functional groups attached to an aromatic ring is 1. The van der Waals surface area contributed by atoms with E-state index in [9.17, 15) is 4.79 Å². The minimum absolute atomic E-state index is 0.315. The molecule has 0 atom stereocenters. The lowest BCUT2D eigenvalue weighted by atomic mass is 10.2. The standard InChI is InChI=1S/C12H20N4OS/c1-8(2)16(5-9-3-4-9)6-10-7-18-12(14-10)11(17)15-13/h7-9H,3-6,13H2,1-2H3,(H,15,17). The number of hydrazine groups is 1. The number of thiazole rings is 1. The van der Waals surface area contributed by atoms with Crippen LogP contribution in [0.5, 0.6) is 0 Å². The summed E-state index contributed by atoms with van der Waals surface area (Å²) in [5.74, 6) is 5.64. The van der Waals surface area contributed by atoms with Crippen LogP contribution in [0.4, 0.5) is 0 Å². The normalized spacial score (nSPS) is 15.4. The number of carbonyl (C=O) groups excluding carboxylic acids is 1. The molecule has 0 aromatic carbocycles. The smallest absolute Gasteiger partial charge is 0.294 e. The highest BCUT2D eigenvalue weighted by Crippen LogP contribution is 2.30. The van der Waals surface area contributed by atoms with Crippen molar-refractivity contribution in [2.75, 3.05) is 6.54 Å². The quantitative estimate of drug-likeness (QED) is 0.464. The van der Waals surface area contributed by atoms with Crippen molar-refractivity contribution < 1.29 is 4.79 Å². The SMILES string of the molecule is CC(C)N(Cc1csc(C(=O)NN)n1)CC1CC1. The highest BCUT2D eigenvalue weighted by Gasteiger charge is 2.26. The highest BCUT2D eigenvalue weighted by atomic mass is 32.1. The summed E-state index contributed by atoms with van der Waals surface area (Å²) in [5.41, 5.74) is 3.06. The third-order valence-electron chi connectivity index (χ3n) is 3.16. The number of nitrogens with two attached hydrogens (primary N) is 1. The minimum Gasteiger partial charge on any atom is -0.295 e. The number of amides is 1. The van der Waals surface area contributed by atoms with Crippen LogP contribution >= 0.6 is 11.3 Å². The van der Waals surface area contributed by atoms with E-state index < -0.39 is 0 Å². The lowest BCUT2D eigenvalue weighted by Gasteiger charge is -2.25. The Kier molecular flexibility index (Phi) is 4.31. The Morgan fingerprint density at radius 3 is 2.94 bits per heavy atom. The van der Waals surface area contributed by atoms with Gasteiger partial charge in [0.1, 0.15) is 0 Å². The van der Waals surface area contributed by atoms with E-state index >= 15 is 0 Å². The van der Waals surface area contributed by atoms with Gasteiger partial charge in [-0.1, -0.05) is 0 Å². The molecular formula is C12H20N4OS. The van der Waals surface area contributed by atoms with Crippen LogP contribution in [0.25, 0.3) is 0 Å². The lowest BCUT2D eigenvalue weighted by molar-refractivity contribution is 0.0953. The third kappa shape index (κ3) is 3.51. The summed E-state index contributed by atoms with van der Waals surface area (Å²) in [7, 11) is 0. The zero-order valence-electron chi connectivity index (χ0n) is 10.8. The Morgan fingerprint density at radius 2 is 2.39 bits per heavy atom. The molecule has 1 aromatic rings. The van der Waals surface area contributed by atoms with E-state index in [2.05, 4.69) is 29.2 Å². The topological polar surface area (TPSA) is 71.2 Å². The molecule has 2 rings (SSSR count). The first-order valence-corrected chi connectivity index (χ1v) is 7.17. The Labute approximate surface area is 111 Å². The molecule has 1 fully saturated rings. The van der Waals surface area contributed by atoms with Gasteiger partial charge in [0.2, 0.25) is 0 Å². The van der Waals surface area contributed by atoms with Crippen molar-refractivity contribution in [3.8, 4) is 0 Å². The third-order valence-corrected chi connectivity index (χ3v) is 4.05. The van der Waals surface area contributed by atoms with Gasteiger partial charge in [0.15, 0.2) is 5.01 Å². The van der Waals surface area contributed by atoms with Crippen LogP contribution in [0.3, 0.4) is 0 Å². The van der Waals surface area contributed by atoms with Crippen molar-refractivity contribution >= 4 is 17.2 Å². The molecule has 100 valence electrons. The Bertz CT molecular complexity index is 414. The fourth-order valence-corrected chi connectivity index (χ4v) is 2.55. The number of nitrogens with zero attached hydrogens (tertiary/aromatic N) is 2. The molecule has 1 aromatic heterocycles. The Morgan fingerprint density at radius 1 is 1.67 bits per heavy atom. The molecule has 1 saturated carbocycles. The van der Waals surface area contributed by atoms with E-state index in [1.165, 1.54) is 24.2 Å². The molecule has 18 heavy (non-hydrogen) atoms. The van der Waals surface area contributed by atoms with Crippen molar-refractivity contribution in [3.05, 3.63) is 16.1 Å². The van der Waals surface area contributed by atoms with Crippen LogP contribution in [0.15, 0.2) is 5.38 Å². The second kappa shape index (κ2) is 5.77. The van der Waals surface area contributed by atoms with Gasteiger partial charge >= 0.3 is 0 Å². The summed E-state index contributed by atoms with van der Waals surface area (Å²) >= 11 is 1.34. The van der Waals surface area contributed by atoms with Crippen LogP contribution in [-0.2, 0) is 6.54 Å². The van der Waals surface area contributed by atoms with Gasteiger partial charge in [-0.2, -0.15) is 0 Å². The zero-order chi connectivity index (χ0) is 13.1. The van der Waals surface area contributed by atoms with Gasteiger partial charge in [-0.3, -0.25) is 15.1 Å². The molecule has 1 amide bonds. The van der Waals surface area contributed by atoms with E-state index in [1.54, 1.807) is 0 Å². The van der Waals surface area contributed by atoms with Gasteiger partial charge in [0.05, 0.1) is 5.69 Å². The number of nitrogens with one attached hydrogen (secondary N) is 1. The number of hydrogen-bond donors (Lipinski definition) is 2. The average molecular weight is 268 g/mol. The van der Waals surface area contributed by atoms with Gasteiger partial charge in [0, 0.05) is 24.5 Å². The van der Waals surface area contributed by atoms with Crippen LogP contribution in [0.1, 0.15) is 42.2 Å². The summed E-state index contributed by atoms with van der Waals surface area (Å²) in [5, 5.41) is 2.37. The number of rotatable bonds is 6. The first kappa shape index (κ1) is 13.5. The monoisotopic (exact) mass is 268 g/mol. The van der Waals surface area contributed by atoms with Gasteiger partial charge < -0.3 is 0 Å². The van der Waals surface area contributed by atoms with E-state index in [1.807, 2.05) is 5.38 Å². The van der Waals surface area contributed by atoms with Gasteiger partial charge in [-0.05, 0) is 32.6 Å². The predicted molar refractivity (Wildman–Crippen MR) is 72.0 cm³/mol. The second-order valence-corrected chi connectivity index (χ2v) is 5.94. The molecule has 3 N–H and O–H groups in total. The molecule has 0 radical (unpaired) electrons. The first-order chi connectivity index (χ1) is 8.60. The van der Waals surface area contributed by atoms with Gasteiger partial charge in [0.25, 0.3) is 5.91 Å². The van der Waals surface area contributed by atoms with Gasteiger partial charge in [-0.15, -0.1) is 11.3 Å². The van der Waals surface area contributed by atoms with Crippen molar-refractivity contribution in [1.29, 1.82) is 0 Å². The molecule has 1 aliphatic rings. The van der Waals surface area contributed by atoms with Crippen molar-refractivity contribution in [1.82, 2.24) is 15.3 Å². The molecule has 5 nitrogen and oxygen atoms in total. The highest BCUT2D eigenvalue weighted by molar-refractivity contribution is 7.11. The van der Waals surface area contributed by atoms with Crippen LogP contribution in [0, 0.1) is 5.92 Å². The minimum atomic E-state index is -0.315. The predicted octanol–water partition coefficient (Wildman–Crippen LogP) is 1.37.